The van der Waals surface area contributed by atoms with Gasteiger partial charge in [-0.3, -0.25) is 0 Å². The van der Waals surface area contributed by atoms with Crippen molar-refractivity contribution < 1.29 is 0 Å². The van der Waals surface area contributed by atoms with Gasteiger partial charge in [-0.1, -0.05) is 73.7 Å². The van der Waals surface area contributed by atoms with Crippen LogP contribution in [0.15, 0.2) is 78.9 Å². The average Bonchev–Trinajstić information content (AvgIpc) is 2.68. The lowest BCUT2D eigenvalue weighted by molar-refractivity contribution is 0.626. The molecule has 126 valence electrons. The molecular weight excluding hydrogens is 302 g/mol. The molecule has 25 heavy (non-hydrogen) atoms. The molecule has 0 fully saturated rings. The van der Waals surface area contributed by atoms with Gasteiger partial charge in [0.15, 0.2) is 0 Å². The van der Waals surface area contributed by atoms with E-state index in [1.54, 1.807) is 0 Å². The van der Waals surface area contributed by atoms with Gasteiger partial charge in [0.25, 0.3) is 0 Å². The van der Waals surface area contributed by atoms with Crippen molar-refractivity contribution in [1.82, 2.24) is 0 Å². The Bertz CT molecular complexity index is 834. The minimum absolute atomic E-state index is 0.140. The Morgan fingerprint density at radius 2 is 1.24 bits per heavy atom. The maximum Gasteiger partial charge on any atom is 0.0464 e. The molecule has 1 heterocycles. The average molecular weight is 327 g/mol. The molecule has 0 aliphatic carbocycles. The first-order valence-electron chi connectivity index (χ1n) is 9.21. The van der Waals surface area contributed by atoms with E-state index < -0.39 is 0 Å². The van der Waals surface area contributed by atoms with Gasteiger partial charge in [-0.25, -0.2) is 0 Å². The molecule has 1 aliphatic heterocycles. The van der Waals surface area contributed by atoms with Gasteiger partial charge in [0.2, 0.25) is 0 Å². The zero-order chi connectivity index (χ0) is 17.4. The highest BCUT2D eigenvalue weighted by Crippen LogP contribution is 2.52. The molecule has 0 N–H and O–H groups in total. The smallest absolute Gasteiger partial charge is 0.0464 e. The maximum atomic E-state index is 2.52. The zero-order valence-electron chi connectivity index (χ0n) is 15.2. The van der Waals surface area contributed by atoms with Gasteiger partial charge < -0.3 is 4.90 Å². The van der Waals surface area contributed by atoms with Crippen molar-refractivity contribution >= 4 is 11.4 Å². The number of benzene rings is 3. The minimum Gasteiger partial charge on any atom is -0.338 e. The topological polar surface area (TPSA) is 3.24 Å². The number of fused-ring (bicyclic) bond motifs is 2. The van der Waals surface area contributed by atoms with Crippen LogP contribution in [-0.4, -0.2) is 6.04 Å². The normalized spacial score (nSPS) is 16.0. The lowest BCUT2D eigenvalue weighted by Crippen LogP contribution is -2.39. The third-order valence-electron chi connectivity index (χ3n) is 5.79. The molecule has 0 saturated heterocycles. The van der Waals surface area contributed by atoms with Crippen molar-refractivity contribution in [3.05, 3.63) is 95.6 Å². The molecule has 1 atom stereocenters. The standard InChI is InChI=1S/C24H25N/c1-4-18(2)25-22-16-10-8-14-20(22)24(3,19-12-6-5-7-13-19)21-15-9-11-17-23(21)25/h5-18H,4H2,1-3H3. The molecule has 0 aromatic heterocycles. The van der Waals surface area contributed by atoms with Crippen LogP contribution < -0.4 is 4.90 Å². The van der Waals surface area contributed by atoms with Gasteiger partial charge in [-0.05, 0) is 49.1 Å². The SMILES string of the molecule is CCC(C)N1c2ccccc2C(C)(c2ccccc2)c2ccccc21. The van der Waals surface area contributed by atoms with E-state index in [1.807, 2.05) is 0 Å². The van der Waals surface area contributed by atoms with Crippen LogP contribution in [0.4, 0.5) is 11.4 Å². The van der Waals surface area contributed by atoms with Crippen molar-refractivity contribution in [3.63, 3.8) is 0 Å². The molecule has 0 saturated carbocycles. The molecule has 0 radical (unpaired) electrons. The molecule has 1 unspecified atom stereocenters. The second kappa shape index (κ2) is 6.07. The molecule has 1 nitrogen and oxygen atoms in total. The molecule has 4 rings (SSSR count). The Hall–Kier alpha value is -2.54. The van der Waals surface area contributed by atoms with E-state index in [0.29, 0.717) is 6.04 Å². The second-order valence-electron chi connectivity index (χ2n) is 7.15. The largest absolute Gasteiger partial charge is 0.338 e. The quantitative estimate of drug-likeness (QED) is 0.546. The Morgan fingerprint density at radius 1 is 0.760 bits per heavy atom. The fraction of sp³-hybridized carbons (Fsp3) is 0.250. The summed E-state index contributed by atoms with van der Waals surface area (Å²) in [6, 6.07) is 29.2. The first-order chi connectivity index (χ1) is 12.2. The van der Waals surface area contributed by atoms with Crippen LogP contribution in [0.1, 0.15) is 43.9 Å². The van der Waals surface area contributed by atoms with Crippen molar-refractivity contribution in [3.8, 4) is 0 Å². The summed E-state index contributed by atoms with van der Waals surface area (Å²) >= 11 is 0. The maximum absolute atomic E-state index is 2.52. The van der Waals surface area contributed by atoms with Crippen molar-refractivity contribution in [1.29, 1.82) is 0 Å². The number of anilines is 2. The molecule has 0 bridgehead atoms. The Labute approximate surface area is 150 Å². The predicted octanol–water partition coefficient (Wildman–Crippen LogP) is 6.29. The summed E-state index contributed by atoms with van der Waals surface area (Å²) in [6.07, 6.45) is 1.12. The van der Waals surface area contributed by atoms with Crippen LogP contribution in [0.2, 0.25) is 0 Å². The summed E-state index contributed by atoms with van der Waals surface area (Å²) in [5.74, 6) is 0. The van der Waals surface area contributed by atoms with Crippen LogP contribution in [0, 0.1) is 0 Å². The highest BCUT2D eigenvalue weighted by molar-refractivity contribution is 5.80. The number of hydrogen-bond donors (Lipinski definition) is 0. The van der Waals surface area contributed by atoms with Crippen molar-refractivity contribution in [2.45, 2.75) is 38.6 Å². The Kier molecular flexibility index (Phi) is 3.88. The summed E-state index contributed by atoms with van der Waals surface area (Å²) in [5.41, 5.74) is 6.65. The van der Waals surface area contributed by atoms with Gasteiger partial charge in [-0.2, -0.15) is 0 Å². The van der Waals surface area contributed by atoms with Gasteiger partial charge in [0.1, 0.15) is 0 Å². The van der Waals surface area contributed by atoms with Crippen molar-refractivity contribution in [2.75, 3.05) is 4.90 Å². The van der Waals surface area contributed by atoms with E-state index in [2.05, 4.69) is 105 Å². The van der Waals surface area contributed by atoms with Crippen LogP contribution in [0.3, 0.4) is 0 Å². The third-order valence-corrected chi connectivity index (χ3v) is 5.79. The fourth-order valence-corrected chi connectivity index (χ4v) is 4.23. The lowest BCUT2D eigenvalue weighted by atomic mass is 9.67. The highest BCUT2D eigenvalue weighted by Gasteiger charge is 2.41. The summed E-state index contributed by atoms with van der Waals surface area (Å²) in [5, 5.41) is 0. The summed E-state index contributed by atoms with van der Waals surface area (Å²) < 4.78 is 0. The molecule has 1 aliphatic rings. The second-order valence-corrected chi connectivity index (χ2v) is 7.15. The number of nitrogens with zero attached hydrogens (tertiary/aromatic N) is 1. The minimum atomic E-state index is -0.140. The first-order valence-corrected chi connectivity index (χ1v) is 9.21. The summed E-state index contributed by atoms with van der Waals surface area (Å²) in [7, 11) is 0. The van der Waals surface area contributed by atoms with E-state index >= 15 is 0 Å². The Morgan fingerprint density at radius 3 is 1.76 bits per heavy atom. The molecular formula is C24H25N. The van der Waals surface area contributed by atoms with E-state index in [9.17, 15) is 0 Å². The molecule has 3 aromatic carbocycles. The summed E-state index contributed by atoms with van der Waals surface area (Å²) in [4.78, 5) is 2.52. The number of para-hydroxylation sites is 2. The number of hydrogen-bond acceptors (Lipinski definition) is 1. The number of rotatable bonds is 3. The van der Waals surface area contributed by atoms with Crippen LogP contribution in [0.25, 0.3) is 0 Å². The highest BCUT2D eigenvalue weighted by atomic mass is 15.2. The van der Waals surface area contributed by atoms with Crippen LogP contribution in [-0.2, 0) is 5.41 Å². The molecule has 1 heteroatoms. The predicted molar refractivity (Wildman–Crippen MR) is 107 cm³/mol. The van der Waals surface area contributed by atoms with Crippen molar-refractivity contribution in [2.24, 2.45) is 0 Å². The zero-order valence-corrected chi connectivity index (χ0v) is 15.2. The van der Waals surface area contributed by atoms with Gasteiger partial charge >= 0.3 is 0 Å². The third kappa shape index (κ3) is 2.30. The lowest BCUT2D eigenvalue weighted by Gasteiger charge is -2.46. The van der Waals surface area contributed by atoms with E-state index in [-0.39, 0.29) is 5.41 Å². The molecule has 0 spiro atoms. The first kappa shape index (κ1) is 16.0. The Balaban J connectivity index is 2.06. The summed E-state index contributed by atoms with van der Waals surface area (Å²) in [6.45, 7) is 6.95. The van der Waals surface area contributed by atoms with Crippen LogP contribution in [0.5, 0.6) is 0 Å². The van der Waals surface area contributed by atoms with Gasteiger partial charge in [0.05, 0.1) is 0 Å². The van der Waals surface area contributed by atoms with E-state index in [4.69, 9.17) is 0 Å². The molecule has 3 aromatic rings. The molecule has 0 amide bonds. The van der Waals surface area contributed by atoms with Crippen LogP contribution >= 0.6 is 0 Å². The van der Waals surface area contributed by atoms with Gasteiger partial charge in [0, 0.05) is 22.8 Å². The fourth-order valence-electron chi connectivity index (χ4n) is 4.23. The van der Waals surface area contributed by atoms with E-state index in [0.717, 1.165) is 6.42 Å². The monoisotopic (exact) mass is 327 g/mol. The van der Waals surface area contributed by atoms with E-state index in [1.165, 1.54) is 28.1 Å². The van der Waals surface area contributed by atoms with Gasteiger partial charge in [-0.15, -0.1) is 0 Å².